The Morgan fingerprint density at radius 3 is 2.83 bits per heavy atom. The summed E-state index contributed by atoms with van der Waals surface area (Å²) in [5.41, 5.74) is 0.536. The number of halogens is 1. The number of aromatic nitrogens is 2. The maximum absolute atomic E-state index is 12.3. The molecule has 24 heavy (non-hydrogen) atoms. The van der Waals surface area contributed by atoms with Crippen molar-refractivity contribution >= 4 is 27.3 Å². The second-order valence-electron chi connectivity index (χ2n) is 5.20. The van der Waals surface area contributed by atoms with Crippen molar-refractivity contribution < 1.29 is 17.6 Å². The van der Waals surface area contributed by atoms with Gasteiger partial charge in [0.2, 0.25) is 21.6 Å². The molecule has 0 fully saturated rings. The minimum Gasteiger partial charge on any atom is -0.412 e. The number of sulfone groups is 1. The van der Waals surface area contributed by atoms with Gasteiger partial charge in [0.05, 0.1) is 5.75 Å². The lowest BCUT2D eigenvalue weighted by molar-refractivity contribution is -0.121. The van der Waals surface area contributed by atoms with Crippen LogP contribution in [0.2, 0.25) is 5.02 Å². The Hall–Kier alpha value is -1.93. The van der Waals surface area contributed by atoms with Gasteiger partial charge in [-0.1, -0.05) is 35.8 Å². The summed E-state index contributed by atoms with van der Waals surface area (Å²) in [7, 11) is -3.75. The predicted octanol–water partition coefficient (Wildman–Crippen LogP) is 2.16. The van der Waals surface area contributed by atoms with Crippen LogP contribution in [-0.2, 0) is 26.8 Å². The van der Waals surface area contributed by atoms with Gasteiger partial charge in [0, 0.05) is 24.4 Å². The normalized spacial score (nSPS) is 11.4. The second-order valence-corrected chi connectivity index (χ2v) is 7.50. The van der Waals surface area contributed by atoms with Crippen molar-refractivity contribution in [2.24, 2.45) is 0 Å². The Morgan fingerprint density at radius 2 is 2.12 bits per heavy atom. The van der Waals surface area contributed by atoms with Crippen molar-refractivity contribution in [2.45, 2.75) is 37.2 Å². The van der Waals surface area contributed by atoms with Crippen molar-refractivity contribution in [2.75, 3.05) is 6.54 Å². The minimum atomic E-state index is -3.75. The van der Waals surface area contributed by atoms with E-state index in [9.17, 15) is 13.2 Å². The molecule has 1 aromatic heterocycles. The zero-order chi connectivity index (χ0) is 17.6. The Bertz CT molecular complexity index is 805. The van der Waals surface area contributed by atoms with E-state index < -0.39 is 15.1 Å². The molecule has 1 amide bonds. The predicted molar refractivity (Wildman–Crippen MR) is 88.3 cm³/mol. The van der Waals surface area contributed by atoms with E-state index in [1.54, 1.807) is 24.3 Å². The fraction of sp³-hybridized carbons (Fsp3) is 0.400. The molecule has 0 radical (unpaired) electrons. The molecule has 1 N–H and O–H groups in total. The first kappa shape index (κ1) is 18.4. The van der Waals surface area contributed by atoms with E-state index in [1.807, 2.05) is 6.92 Å². The standard InChI is InChI=1S/C15H18ClN3O4S/c1-2-4-13(20)17-8-7-14-18-19-15(23-14)24(21,22)10-11-5-3-6-12(16)9-11/h3,5-6,9H,2,4,7-8,10H2,1H3,(H,17,20). The zero-order valence-corrected chi connectivity index (χ0v) is 14.7. The third-order valence-corrected chi connectivity index (χ3v) is 4.74. The van der Waals surface area contributed by atoms with Gasteiger partial charge in [-0.05, 0) is 24.1 Å². The van der Waals surface area contributed by atoms with Crippen LogP contribution in [0, 0.1) is 0 Å². The van der Waals surface area contributed by atoms with Crippen LogP contribution in [0.1, 0.15) is 31.2 Å². The lowest BCUT2D eigenvalue weighted by Gasteiger charge is -2.02. The van der Waals surface area contributed by atoms with E-state index in [1.165, 1.54) is 0 Å². The highest BCUT2D eigenvalue weighted by Gasteiger charge is 2.23. The van der Waals surface area contributed by atoms with E-state index in [0.29, 0.717) is 23.6 Å². The monoisotopic (exact) mass is 371 g/mol. The largest absolute Gasteiger partial charge is 0.412 e. The van der Waals surface area contributed by atoms with Crippen molar-refractivity contribution in [3.63, 3.8) is 0 Å². The van der Waals surface area contributed by atoms with Crippen molar-refractivity contribution in [3.8, 4) is 0 Å². The second kappa shape index (κ2) is 8.25. The molecular weight excluding hydrogens is 354 g/mol. The number of carbonyl (C=O) groups is 1. The highest BCUT2D eigenvalue weighted by molar-refractivity contribution is 7.90. The Kier molecular flexibility index (Phi) is 6.33. The number of hydrogen-bond acceptors (Lipinski definition) is 6. The van der Waals surface area contributed by atoms with E-state index >= 15 is 0 Å². The lowest BCUT2D eigenvalue weighted by Crippen LogP contribution is -2.25. The summed E-state index contributed by atoms with van der Waals surface area (Å²) in [4.78, 5) is 11.3. The van der Waals surface area contributed by atoms with Crippen LogP contribution in [0.5, 0.6) is 0 Å². The van der Waals surface area contributed by atoms with E-state index in [4.69, 9.17) is 16.0 Å². The molecule has 1 aromatic carbocycles. The number of amides is 1. The van der Waals surface area contributed by atoms with E-state index in [0.717, 1.165) is 6.42 Å². The van der Waals surface area contributed by atoms with Crippen LogP contribution in [0.4, 0.5) is 0 Å². The van der Waals surface area contributed by atoms with Gasteiger partial charge in [-0.25, -0.2) is 8.42 Å². The fourth-order valence-corrected chi connectivity index (χ4v) is 3.34. The molecule has 0 unspecified atom stereocenters. The van der Waals surface area contributed by atoms with Gasteiger partial charge in [-0.15, -0.1) is 5.10 Å². The minimum absolute atomic E-state index is 0.0641. The fourth-order valence-electron chi connectivity index (χ4n) is 2.00. The summed E-state index contributed by atoms with van der Waals surface area (Å²) in [6.45, 7) is 2.23. The van der Waals surface area contributed by atoms with Gasteiger partial charge < -0.3 is 9.73 Å². The summed E-state index contributed by atoms with van der Waals surface area (Å²) >= 11 is 5.85. The molecule has 130 valence electrons. The van der Waals surface area contributed by atoms with Crippen molar-refractivity contribution in [1.29, 1.82) is 0 Å². The summed E-state index contributed by atoms with van der Waals surface area (Å²) in [5.74, 6) is -0.176. The van der Waals surface area contributed by atoms with Gasteiger partial charge >= 0.3 is 5.22 Å². The van der Waals surface area contributed by atoms with Crippen LogP contribution < -0.4 is 5.32 Å². The van der Waals surface area contributed by atoms with Crippen LogP contribution in [0.25, 0.3) is 0 Å². The smallest absolute Gasteiger partial charge is 0.335 e. The molecule has 0 atom stereocenters. The quantitative estimate of drug-likeness (QED) is 0.762. The summed E-state index contributed by atoms with van der Waals surface area (Å²) in [5, 5.41) is 10.0. The molecule has 0 saturated carbocycles. The van der Waals surface area contributed by atoms with Crippen LogP contribution in [-0.4, -0.2) is 31.1 Å². The molecular formula is C15H18ClN3O4S. The Morgan fingerprint density at radius 1 is 1.33 bits per heavy atom. The molecule has 2 aromatic rings. The SMILES string of the molecule is CCCC(=O)NCCc1nnc(S(=O)(=O)Cc2cccc(Cl)c2)o1. The number of hydrogen-bond donors (Lipinski definition) is 1. The molecule has 9 heteroatoms. The molecule has 0 aliphatic heterocycles. The molecule has 2 rings (SSSR count). The van der Waals surface area contributed by atoms with Crippen LogP contribution in [0.3, 0.4) is 0 Å². The van der Waals surface area contributed by atoms with Crippen molar-refractivity contribution in [1.82, 2.24) is 15.5 Å². The summed E-state index contributed by atoms with van der Waals surface area (Å²) in [6.07, 6.45) is 1.48. The van der Waals surface area contributed by atoms with Crippen molar-refractivity contribution in [3.05, 3.63) is 40.7 Å². The van der Waals surface area contributed by atoms with Crippen LogP contribution in [0.15, 0.2) is 33.9 Å². The Labute approximate surface area is 145 Å². The molecule has 7 nitrogen and oxygen atoms in total. The highest BCUT2D eigenvalue weighted by atomic mass is 35.5. The number of nitrogens with zero attached hydrogens (tertiary/aromatic N) is 2. The molecule has 0 saturated heterocycles. The topological polar surface area (TPSA) is 102 Å². The Balaban J connectivity index is 1.97. The number of carbonyl (C=O) groups excluding carboxylic acids is 1. The molecule has 0 aliphatic carbocycles. The first-order valence-corrected chi connectivity index (χ1v) is 9.50. The average molecular weight is 372 g/mol. The number of nitrogens with one attached hydrogen (secondary N) is 1. The first-order chi connectivity index (χ1) is 11.4. The highest BCUT2D eigenvalue weighted by Crippen LogP contribution is 2.18. The molecule has 0 spiro atoms. The van der Waals surface area contributed by atoms with Gasteiger partial charge in [0.1, 0.15) is 0 Å². The molecule has 0 bridgehead atoms. The van der Waals surface area contributed by atoms with Gasteiger partial charge in [-0.3, -0.25) is 4.79 Å². The third kappa shape index (κ3) is 5.31. The van der Waals surface area contributed by atoms with Gasteiger partial charge in [0.25, 0.3) is 0 Å². The average Bonchev–Trinajstić information content (AvgIpc) is 2.97. The molecule has 1 heterocycles. The number of rotatable bonds is 8. The number of benzene rings is 1. The van der Waals surface area contributed by atoms with Gasteiger partial charge in [0.15, 0.2) is 0 Å². The zero-order valence-electron chi connectivity index (χ0n) is 13.2. The van der Waals surface area contributed by atoms with Crippen LogP contribution >= 0.6 is 11.6 Å². The first-order valence-electron chi connectivity index (χ1n) is 7.47. The molecule has 0 aliphatic rings. The van der Waals surface area contributed by atoms with Gasteiger partial charge in [-0.2, -0.15) is 0 Å². The summed E-state index contributed by atoms with van der Waals surface area (Å²) in [6, 6.07) is 6.56. The third-order valence-electron chi connectivity index (χ3n) is 3.10. The maximum atomic E-state index is 12.3. The lowest BCUT2D eigenvalue weighted by atomic mass is 10.2. The summed E-state index contributed by atoms with van der Waals surface area (Å²) < 4.78 is 29.8. The van der Waals surface area contributed by atoms with E-state index in [-0.39, 0.29) is 24.0 Å². The maximum Gasteiger partial charge on any atom is 0.335 e. The van der Waals surface area contributed by atoms with E-state index in [2.05, 4.69) is 15.5 Å².